The second-order valence-corrected chi connectivity index (χ2v) is 4.47. The zero-order chi connectivity index (χ0) is 15.4. The molecule has 1 aromatic carbocycles. The topological polar surface area (TPSA) is 56.1 Å². The Labute approximate surface area is 122 Å². The highest BCUT2D eigenvalue weighted by atomic mass is 19.1. The van der Waals surface area contributed by atoms with E-state index in [4.69, 9.17) is 4.74 Å². The van der Waals surface area contributed by atoms with Crippen molar-refractivity contribution in [3.8, 4) is 5.88 Å². The van der Waals surface area contributed by atoms with Crippen LogP contribution in [-0.4, -0.2) is 22.8 Å². The van der Waals surface area contributed by atoms with Crippen molar-refractivity contribution in [2.75, 3.05) is 12.4 Å². The Morgan fingerprint density at radius 3 is 2.90 bits per heavy atom. The molecule has 0 saturated heterocycles. The fourth-order valence-electron chi connectivity index (χ4n) is 1.96. The molecule has 0 saturated carbocycles. The predicted octanol–water partition coefficient (Wildman–Crippen LogP) is 2.53. The third-order valence-corrected chi connectivity index (χ3v) is 2.89. The van der Waals surface area contributed by atoms with E-state index >= 15 is 0 Å². The second kappa shape index (κ2) is 6.21. The number of rotatable bonds is 4. The average Bonchev–Trinajstić information content (AvgIpc) is 2.70. The summed E-state index contributed by atoms with van der Waals surface area (Å²) < 4.78 is 19.8. The molecular weight excluding hydrogens is 273 g/mol. The van der Waals surface area contributed by atoms with Crippen LogP contribution in [0, 0.1) is 12.7 Å². The van der Waals surface area contributed by atoms with E-state index in [1.807, 2.05) is 0 Å². The third kappa shape index (κ3) is 3.47. The number of anilines is 1. The van der Waals surface area contributed by atoms with Gasteiger partial charge in [-0.2, -0.15) is 5.10 Å². The SMILES string of the molecule is COc1c(NC(=O)/C=C\c2cccc(F)c2)c(C)nn1C. The van der Waals surface area contributed by atoms with Crippen molar-refractivity contribution in [1.29, 1.82) is 0 Å². The van der Waals surface area contributed by atoms with Gasteiger partial charge in [0.2, 0.25) is 11.8 Å². The van der Waals surface area contributed by atoms with Gasteiger partial charge in [0.1, 0.15) is 11.5 Å². The highest BCUT2D eigenvalue weighted by Gasteiger charge is 2.15. The van der Waals surface area contributed by atoms with Crippen molar-refractivity contribution in [1.82, 2.24) is 9.78 Å². The van der Waals surface area contributed by atoms with Crippen molar-refractivity contribution in [3.63, 3.8) is 0 Å². The molecule has 1 aromatic heterocycles. The molecule has 0 spiro atoms. The van der Waals surface area contributed by atoms with E-state index < -0.39 is 0 Å². The zero-order valence-electron chi connectivity index (χ0n) is 12.1. The molecule has 2 rings (SSSR count). The lowest BCUT2D eigenvalue weighted by atomic mass is 10.2. The number of halogens is 1. The maximum atomic E-state index is 13.0. The van der Waals surface area contributed by atoms with Gasteiger partial charge in [-0.05, 0) is 30.7 Å². The third-order valence-electron chi connectivity index (χ3n) is 2.89. The summed E-state index contributed by atoms with van der Waals surface area (Å²) in [5.41, 5.74) is 1.79. The van der Waals surface area contributed by atoms with Crippen molar-refractivity contribution in [2.24, 2.45) is 7.05 Å². The predicted molar refractivity (Wildman–Crippen MR) is 78.6 cm³/mol. The van der Waals surface area contributed by atoms with Gasteiger partial charge in [0.05, 0.1) is 12.8 Å². The molecule has 21 heavy (non-hydrogen) atoms. The van der Waals surface area contributed by atoms with Crippen LogP contribution in [0.1, 0.15) is 11.3 Å². The van der Waals surface area contributed by atoms with Crippen molar-refractivity contribution < 1.29 is 13.9 Å². The van der Waals surface area contributed by atoms with Crippen LogP contribution in [0.2, 0.25) is 0 Å². The minimum atomic E-state index is -0.345. The number of hydrogen-bond acceptors (Lipinski definition) is 3. The maximum Gasteiger partial charge on any atom is 0.248 e. The van der Waals surface area contributed by atoms with Crippen LogP contribution >= 0.6 is 0 Å². The quantitative estimate of drug-likeness (QED) is 0.880. The first-order valence-electron chi connectivity index (χ1n) is 6.33. The number of carbonyl (C=O) groups excluding carboxylic acids is 1. The number of benzene rings is 1. The Morgan fingerprint density at radius 1 is 1.48 bits per heavy atom. The summed E-state index contributed by atoms with van der Waals surface area (Å²) in [5, 5.41) is 6.88. The number of methoxy groups -OCH3 is 1. The van der Waals surface area contributed by atoms with E-state index in [2.05, 4.69) is 10.4 Å². The van der Waals surface area contributed by atoms with E-state index in [9.17, 15) is 9.18 Å². The molecule has 1 amide bonds. The normalized spacial score (nSPS) is 10.9. The van der Waals surface area contributed by atoms with Gasteiger partial charge in [0.15, 0.2) is 0 Å². The number of aryl methyl sites for hydroxylation is 2. The summed E-state index contributed by atoms with van der Waals surface area (Å²) >= 11 is 0. The molecule has 0 aliphatic rings. The standard InChI is InChI=1S/C15H16FN3O2/c1-10-14(15(21-3)19(2)18-10)17-13(20)8-7-11-5-4-6-12(16)9-11/h4-9H,1-3H3,(H,17,20)/b8-7-. The second-order valence-electron chi connectivity index (χ2n) is 4.47. The molecule has 0 aliphatic heterocycles. The molecule has 2 aromatic rings. The van der Waals surface area contributed by atoms with Crippen molar-refractivity contribution >= 4 is 17.7 Å². The van der Waals surface area contributed by atoms with E-state index in [1.54, 1.807) is 30.8 Å². The largest absolute Gasteiger partial charge is 0.480 e. The lowest BCUT2D eigenvalue weighted by Crippen LogP contribution is -2.09. The number of hydrogen-bond donors (Lipinski definition) is 1. The molecule has 0 atom stereocenters. The number of aromatic nitrogens is 2. The van der Waals surface area contributed by atoms with Crippen molar-refractivity contribution in [2.45, 2.75) is 6.92 Å². The Kier molecular flexibility index (Phi) is 4.37. The summed E-state index contributed by atoms with van der Waals surface area (Å²) in [6.07, 6.45) is 2.87. The van der Waals surface area contributed by atoms with E-state index in [-0.39, 0.29) is 11.7 Å². The minimum Gasteiger partial charge on any atom is -0.480 e. The summed E-state index contributed by atoms with van der Waals surface area (Å²) in [6.45, 7) is 1.77. The molecule has 0 aliphatic carbocycles. The number of nitrogens with zero attached hydrogens (tertiary/aromatic N) is 2. The van der Waals surface area contributed by atoms with Gasteiger partial charge in [-0.15, -0.1) is 0 Å². The van der Waals surface area contributed by atoms with Gasteiger partial charge in [0.25, 0.3) is 0 Å². The Hall–Kier alpha value is -2.63. The molecule has 5 nitrogen and oxygen atoms in total. The zero-order valence-corrected chi connectivity index (χ0v) is 12.1. The monoisotopic (exact) mass is 289 g/mol. The van der Waals surface area contributed by atoms with Crippen LogP contribution in [0.15, 0.2) is 30.3 Å². The van der Waals surface area contributed by atoms with Crippen molar-refractivity contribution in [3.05, 3.63) is 47.4 Å². The maximum absolute atomic E-state index is 13.0. The average molecular weight is 289 g/mol. The van der Waals surface area contributed by atoms with Gasteiger partial charge in [-0.25, -0.2) is 9.07 Å². The number of carbonyl (C=O) groups is 1. The molecule has 0 unspecified atom stereocenters. The first-order valence-corrected chi connectivity index (χ1v) is 6.33. The van der Waals surface area contributed by atoms with Gasteiger partial charge in [0, 0.05) is 13.1 Å². The van der Waals surface area contributed by atoms with E-state index in [1.165, 1.54) is 31.4 Å². The number of amides is 1. The van der Waals surface area contributed by atoms with Crippen LogP contribution < -0.4 is 10.1 Å². The summed E-state index contributed by atoms with van der Waals surface area (Å²) in [7, 11) is 3.23. The van der Waals surface area contributed by atoms with E-state index in [0.717, 1.165) is 0 Å². The smallest absolute Gasteiger partial charge is 0.248 e. The van der Waals surface area contributed by atoms with E-state index in [0.29, 0.717) is 22.8 Å². The lowest BCUT2D eigenvalue weighted by molar-refractivity contribution is -0.111. The van der Waals surface area contributed by atoms with Gasteiger partial charge in [-0.1, -0.05) is 12.1 Å². The van der Waals surface area contributed by atoms with Gasteiger partial charge in [-0.3, -0.25) is 4.79 Å². The molecule has 0 bridgehead atoms. The molecule has 0 fully saturated rings. The van der Waals surface area contributed by atoms with Crippen LogP contribution in [0.5, 0.6) is 5.88 Å². The molecule has 110 valence electrons. The molecule has 6 heteroatoms. The first kappa shape index (κ1) is 14.8. The summed E-state index contributed by atoms with van der Waals surface area (Å²) in [5.74, 6) is -0.212. The molecule has 1 heterocycles. The first-order chi connectivity index (χ1) is 10.0. The molecular formula is C15H16FN3O2. The van der Waals surface area contributed by atoms with Gasteiger partial charge >= 0.3 is 0 Å². The highest BCUT2D eigenvalue weighted by Crippen LogP contribution is 2.26. The van der Waals surface area contributed by atoms with Crippen LogP contribution in [0.3, 0.4) is 0 Å². The van der Waals surface area contributed by atoms with Crippen LogP contribution in [0.4, 0.5) is 10.1 Å². The fourth-order valence-corrected chi connectivity index (χ4v) is 1.96. The molecule has 0 radical (unpaired) electrons. The summed E-state index contributed by atoms with van der Waals surface area (Å²) in [4.78, 5) is 11.9. The molecule has 1 N–H and O–H groups in total. The fraction of sp³-hybridized carbons (Fsp3) is 0.200. The van der Waals surface area contributed by atoms with Crippen LogP contribution in [0.25, 0.3) is 6.08 Å². The number of nitrogens with one attached hydrogen (secondary N) is 1. The highest BCUT2D eigenvalue weighted by molar-refractivity contribution is 6.03. The van der Waals surface area contributed by atoms with Gasteiger partial charge < -0.3 is 10.1 Å². The summed E-state index contributed by atoms with van der Waals surface area (Å²) in [6, 6.07) is 5.99. The lowest BCUT2D eigenvalue weighted by Gasteiger charge is -2.05. The minimum absolute atomic E-state index is 0.339. The van der Waals surface area contributed by atoms with Crippen LogP contribution in [-0.2, 0) is 11.8 Å². The Morgan fingerprint density at radius 2 is 2.24 bits per heavy atom. The Balaban J connectivity index is 2.12. The number of ether oxygens (including phenoxy) is 1. The Bertz CT molecular complexity index is 692.